The van der Waals surface area contributed by atoms with Crippen molar-refractivity contribution < 1.29 is 31.4 Å². The number of benzene rings is 1. The largest absolute Gasteiger partial charge is 0.433 e. The van der Waals surface area contributed by atoms with Crippen LogP contribution in [0.25, 0.3) is 10.9 Å². The minimum atomic E-state index is -4.96. The number of aromatic nitrogens is 1. The Hall–Kier alpha value is -1.91. The van der Waals surface area contributed by atoms with Crippen LogP contribution in [0.5, 0.6) is 0 Å². The van der Waals surface area contributed by atoms with E-state index >= 15 is 0 Å². The zero-order chi connectivity index (χ0) is 22.8. The lowest BCUT2D eigenvalue weighted by Crippen LogP contribution is -2.42. The second-order valence-corrected chi connectivity index (χ2v) is 7.89. The molecule has 0 aliphatic heterocycles. The number of halogens is 6. The lowest BCUT2D eigenvalue weighted by molar-refractivity contribution is -0.142. The summed E-state index contributed by atoms with van der Waals surface area (Å²) in [7, 11) is 0. The van der Waals surface area contributed by atoms with E-state index in [4.69, 9.17) is 5.73 Å². The fourth-order valence-electron chi connectivity index (χ4n) is 4.28. The number of hydrogen-bond acceptors (Lipinski definition) is 4. The normalized spacial score (nSPS) is 17.5. The molecule has 1 unspecified atom stereocenters. The summed E-state index contributed by atoms with van der Waals surface area (Å²) in [6.45, 7) is 0.714. The minimum absolute atomic E-state index is 0.0193. The lowest BCUT2D eigenvalue weighted by Gasteiger charge is -2.35. The Kier molecular flexibility index (Phi) is 7.12. The van der Waals surface area contributed by atoms with E-state index in [0.29, 0.717) is 25.2 Å². The van der Waals surface area contributed by atoms with Crippen LogP contribution in [0.2, 0.25) is 0 Å². The second kappa shape index (κ2) is 9.30. The van der Waals surface area contributed by atoms with Gasteiger partial charge >= 0.3 is 12.4 Å². The van der Waals surface area contributed by atoms with Gasteiger partial charge in [-0.3, -0.25) is 4.90 Å². The summed E-state index contributed by atoms with van der Waals surface area (Å²) < 4.78 is 80.5. The zero-order valence-electron chi connectivity index (χ0n) is 16.8. The SMILES string of the molecule is NCCN(CC(O)c1cc(C(F)(F)F)nc2c(C(F)(F)F)cccc12)C1CCCCC1. The molecule has 3 N–H and O–H groups in total. The Morgan fingerprint density at radius 3 is 2.32 bits per heavy atom. The Morgan fingerprint density at radius 2 is 1.74 bits per heavy atom. The molecule has 3 rings (SSSR count). The van der Waals surface area contributed by atoms with E-state index in [1.54, 1.807) is 0 Å². The number of para-hydroxylation sites is 1. The molecule has 1 aromatic heterocycles. The van der Waals surface area contributed by atoms with Crippen molar-refractivity contribution in [3.05, 3.63) is 41.1 Å². The summed E-state index contributed by atoms with van der Waals surface area (Å²) in [5, 5.41) is 10.7. The van der Waals surface area contributed by atoms with Gasteiger partial charge in [0.25, 0.3) is 0 Å². The minimum Gasteiger partial charge on any atom is -0.387 e. The van der Waals surface area contributed by atoms with Crippen LogP contribution in [0.15, 0.2) is 24.3 Å². The summed E-state index contributed by atoms with van der Waals surface area (Å²) in [5.74, 6) is 0. The van der Waals surface area contributed by atoms with Gasteiger partial charge in [-0.25, -0.2) is 4.98 Å². The third-order valence-corrected chi connectivity index (χ3v) is 5.74. The monoisotopic (exact) mass is 449 g/mol. The van der Waals surface area contributed by atoms with Crippen molar-refractivity contribution in [2.75, 3.05) is 19.6 Å². The number of hydrogen-bond donors (Lipinski definition) is 2. The summed E-state index contributed by atoms with van der Waals surface area (Å²) >= 11 is 0. The number of alkyl halides is 6. The molecule has 0 amide bonds. The standard InChI is InChI=1S/C21H25F6N3O/c22-20(23,24)16-8-4-7-14-15(11-18(21(25,26)27)29-19(14)16)17(31)12-30(10-9-28)13-5-2-1-3-6-13/h4,7-8,11,13,17,31H,1-3,5-6,9-10,12,28H2. The van der Waals surface area contributed by atoms with Crippen molar-refractivity contribution in [3.63, 3.8) is 0 Å². The topological polar surface area (TPSA) is 62.4 Å². The quantitative estimate of drug-likeness (QED) is 0.616. The van der Waals surface area contributed by atoms with Crippen LogP contribution in [0.1, 0.15) is 55.0 Å². The maximum absolute atomic E-state index is 13.4. The van der Waals surface area contributed by atoms with E-state index in [9.17, 15) is 31.4 Å². The molecule has 0 radical (unpaired) electrons. The number of nitrogens with zero attached hydrogens (tertiary/aromatic N) is 2. The highest BCUT2D eigenvalue weighted by Crippen LogP contribution is 2.39. The molecule has 31 heavy (non-hydrogen) atoms. The number of pyridine rings is 1. The molecule has 1 aromatic carbocycles. The van der Waals surface area contributed by atoms with E-state index in [1.165, 1.54) is 6.07 Å². The summed E-state index contributed by atoms with van der Waals surface area (Å²) in [5.41, 5.74) is 1.91. The van der Waals surface area contributed by atoms with E-state index in [0.717, 1.165) is 38.2 Å². The molecule has 1 aliphatic rings. The van der Waals surface area contributed by atoms with Gasteiger partial charge in [-0.15, -0.1) is 0 Å². The average Bonchev–Trinajstić information content (AvgIpc) is 2.71. The van der Waals surface area contributed by atoms with Crippen molar-refractivity contribution in [3.8, 4) is 0 Å². The van der Waals surface area contributed by atoms with Gasteiger partial charge in [-0.1, -0.05) is 31.4 Å². The van der Waals surface area contributed by atoms with Crippen LogP contribution in [0.3, 0.4) is 0 Å². The first kappa shape index (κ1) is 23.7. The molecule has 2 aromatic rings. The highest BCUT2D eigenvalue weighted by atomic mass is 19.4. The molecule has 0 spiro atoms. The van der Waals surface area contributed by atoms with Crippen LogP contribution in [0.4, 0.5) is 26.3 Å². The van der Waals surface area contributed by atoms with Crippen LogP contribution in [-0.2, 0) is 12.4 Å². The van der Waals surface area contributed by atoms with Crippen LogP contribution >= 0.6 is 0 Å². The summed E-state index contributed by atoms with van der Waals surface area (Å²) in [6, 6.07) is 3.83. The van der Waals surface area contributed by atoms with Crippen molar-refractivity contribution in [1.29, 1.82) is 0 Å². The van der Waals surface area contributed by atoms with Gasteiger partial charge in [0, 0.05) is 31.1 Å². The van der Waals surface area contributed by atoms with Crippen LogP contribution in [-0.4, -0.2) is 40.7 Å². The second-order valence-electron chi connectivity index (χ2n) is 7.89. The molecular formula is C21H25F6N3O. The predicted octanol–water partition coefficient (Wildman–Crippen LogP) is 4.90. The molecule has 0 saturated heterocycles. The molecule has 0 bridgehead atoms. The van der Waals surface area contributed by atoms with Gasteiger partial charge in [0.1, 0.15) is 5.69 Å². The molecule has 10 heteroatoms. The number of nitrogens with two attached hydrogens (primary N) is 1. The Bertz CT molecular complexity index is 893. The van der Waals surface area contributed by atoms with Gasteiger partial charge in [-0.05, 0) is 30.5 Å². The van der Waals surface area contributed by atoms with Crippen molar-refractivity contribution in [2.24, 2.45) is 5.73 Å². The average molecular weight is 449 g/mol. The smallest absolute Gasteiger partial charge is 0.387 e. The molecule has 1 saturated carbocycles. The van der Waals surface area contributed by atoms with Crippen LogP contribution < -0.4 is 5.73 Å². The molecule has 172 valence electrons. The summed E-state index contributed by atoms with van der Waals surface area (Å²) in [6.07, 6.45) is -6.39. The van der Waals surface area contributed by atoms with Gasteiger partial charge in [0.15, 0.2) is 0 Å². The molecular weight excluding hydrogens is 424 g/mol. The fraction of sp³-hybridized carbons (Fsp3) is 0.571. The van der Waals surface area contributed by atoms with E-state index in [2.05, 4.69) is 4.98 Å². The first-order valence-electron chi connectivity index (χ1n) is 10.2. The summed E-state index contributed by atoms with van der Waals surface area (Å²) in [4.78, 5) is 5.20. The van der Waals surface area contributed by atoms with E-state index < -0.39 is 35.2 Å². The van der Waals surface area contributed by atoms with Crippen molar-refractivity contribution in [1.82, 2.24) is 9.88 Å². The lowest BCUT2D eigenvalue weighted by atomic mass is 9.93. The van der Waals surface area contributed by atoms with E-state index in [-0.39, 0.29) is 23.5 Å². The Morgan fingerprint density at radius 1 is 1.06 bits per heavy atom. The maximum Gasteiger partial charge on any atom is 0.433 e. The molecule has 4 nitrogen and oxygen atoms in total. The van der Waals surface area contributed by atoms with Gasteiger partial charge < -0.3 is 10.8 Å². The van der Waals surface area contributed by atoms with Gasteiger partial charge in [0.2, 0.25) is 0 Å². The van der Waals surface area contributed by atoms with Crippen molar-refractivity contribution >= 4 is 10.9 Å². The number of rotatable bonds is 6. The molecule has 1 heterocycles. The highest BCUT2D eigenvalue weighted by molar-refractivity contribution is 5.86. The molecule has 1 aliphatic carbocycles. The number of fused-ring (bicyclic) bond motifs is 1. The number of aliphatic hydroxyl groups is 1. The van der Waals surface area contributed by atoms with Gasteiger partial charge in [-0.2, -0.15) is 26.3 Å². The highest BCUT2D eigenvalue weighted by Gasteiger charge is 2.38. The van der Waals surface area contributed by atoms with Crippen molar-refractivity contribution in [2.45, 2.75) is 56.6 Å². The Labute approximate surface area is 176 Å². The first-order chi connectivity index (χ1) is 14.5. The maximum atomic E-state index is 13.4. The van der Waals surface area contributed by atoms with E-state index in [1.807, 2.05) is 4.90 Å². The number of aliphatic hydroxyl groups excluding tert-OH is 1. The fourth-order valence-corrected chi connectivity index (χ4v) is 4.28. The molecule has 1 fully saturated rings. The predicted molar refractivity (Wildman–Crippen MR) is 104 cm³/mol. The Balaban J connectivity index is 2.06. The van der Waals surface area contributed by atoms with Gasteiger partial charge in [0.05, 0.1) is 17.2 Å². The zero-order valence-corrected chi connectivity index (χ0v) is 16.8. The third-order valence-electron chi connectivity index (χ3n) is 5.74. The molecule has 1 atom stereocenters. The first-order valence-corrected chi connectivity index (χ1v) is 10.2. The third kappa shape index (κ3) is 5.48. The van der Waals surface area contributed by atoms with Crippen LogP contribution in [0, 0.1) is 0 Å².